The normalized spacial score (nSPS) is 22.8. The van der Waals surface area contributed by atoms with Gasteiger partial charge in [0, 0.05) is 19.1 Å². The standard InChI is InChI=1S/C17H26N4O2/c1-12-6-5-9-21(10-12)17(23)15-14(18-11-19-15)16(22)20-13-7-3-2-4-8-13/h11-13H,2-10H2,1H3,(H,18,19)(H,20,22). The van der Waals surface area contributed by atoms with Crippen molar-refractivity contribution in [2.24, 2.45) is 5.92 Å². The molecule has 23 heavy (non-hydrogen) atoms. The highest BCUT2D eigenvalue weighted by Gasteiger charge is 2.28. The molecule has 6 nitrogen and oxygen atoms in total. The van der Waals surface area contributed by atoms with E-state index in [1.165, 1.54) is 12.7 Å². The largest absolute Gasteiger partial charge is 0.348 e. The van der Waals surface area contributed by atoms with E-state index in [0.717, 1.165) is 51.6 Å². The molecule has 1 unspecified atom stereocenters. The number of hydrogen-bond donors (Lipinski definition) is 2. The fourth-order valence-electron chi connectivity index (χ4n) is 3.66. The third-order valence-electron chi connectivity index (χ3n) is 4.95. The smallest absolute Gasteiger partial charge is 0.272 e. The van der Waals surface area contributed by atoms with Gasteiger partial charge in [-0.05, 0) is 31.6 Å². The predicted octanol–water partition coefficient (Wildman–Crippen LogP) is 2.34. The fraction of sp³-hybridized carbons (Fsp3) is 0.706. The number of carbonyl (C=O) groups is 2. The van der Waals surface area contributed by atoms with Crippen molar-refractivity contribution in [2.45, 2.75) is 57.9 Å². The van der Waals surface area contributed by atoms with Gasteiger partial charge in [0.05, 0.1) is 6.33 Å². The van der Waals surface area contributed by atoms with Crippen LogP contribution in [0.1, 0.15) is 72.8 Å². The lowest BCUT2D eigenvalue weighted by Crippen LogP contribution is -2.41. The molecular formula is C17H26N4O2. The van der Waals surface area contributed by atoms with Gasteiger partial charge < -0.3 is 15.2 Å². The summed E-state index contributed by atoms with van der Waals surface area (Å²) in [6.07, 6.45) is 9.20. The van der Waals surface area contributed by atoms with Crippen LogP contribution in [-0.2, 0) is 0 Å². The van der Waals surface area contributed by atoms with Crippen LogP contribution in [0.5, 0.6) is 0 Å². The zero-order valence-electron chi connectivity index (χ0n) is 13.8. The molecule has 1 aliphatic carbocycles. The maximum absolute atomic E-state index is 12.7. The van der Waals surface area contributed by atoms with Gasteiger partial charge in [-0.3, -0.25) is 9.59 Å². The van der Waals surface area contributed by atoms with Gasteiger partial charge in [0.1, 0.15) is 5.69 Å². The maximum atomic E-state index is 12.7. The van der Waals surface area contributed by atoms with E-state index in [1.807, 2.05) is 4.90 Å². The van der Waals surface area contributed by atoms with Crippen molar-refractivity contribution in [2.75, 3.05) is 13.1 Å². The lowest BCUT2D eigenvalue weighted by atomic mass is 9.95. The summed E-state index contributed by atoms with van der Waals surface area (Å²) in [4.78, 5) is 34.0. The van der Waals surface area contributed by atoms with Crippen LogP contribution in [0.25, 0.3) is 0 Å². The number of amides is 2. The predicted molar refractivity (Wildman–Crippen MR) is 87.2 cm³/mol. The van der Waals surface area contributed by atoms with E-state index in [4.69, 9.17) is 0 Å². The molecule has 0 bridgehead atoms. The van der Waals surface area contributed by atoms with Crippen LogP contribution in [-0.4, -0.2) is 45.8 Å². The number of nitrogens with zero attached hydrogens (tertiary/aromatic N) is 2. The molecule has 3 rings (SSSR count). The average Bonchev–Trinajstić information content (AvgIpc) is 3.05. The van der Waals surface area contributed by atoms with Gasteiger partial charge in [-0.2, -0.15) is 0 Å². The first-order valence-electron chi connectivity index (χ1n) is 8.78. The average molecular weight is 318 g/mol. The first-order chi connectivity index (χ1) is 11.1. The van der Waals surface area contributed by atoms with Crippen molar-refractivity contribution in [1.82, 2.24) is 20.2 Å². The number of aromatic amines is 1. The molecule has 0 spiro atoms. The summed E-state index contributed by atoms with van der Waals surface area (Å²) in [5, 5.41) is 3.04. The molecule has 1 saturated heterocycles. The van der Waals surface area contributed by atoms with Gasteiger partial charge in [0.15, 0.2) is 5.69 Å². The lowest BCUT2D eigenvalue weighted by molar-refractivity contribution is 0.0672. The molecule has 1 aromatic rings. The van der Waals surface area contributed by atoms with Crippen LogP contribution >= 0.6 is 0 Å². The van der Waals surface area contributed by atoms with Crippen molar-refractivity contribution in [1.29, 1.82) is 0 Å². The van der Waals surface area contributed by atoms with Gasteiger partial charge in [-0.1, -0.05) is 26.2 Å². The first-order valence-corrected chi connectivity index (χ1v) is 8.78. The van der Waals surface area contributed by atoms with E-state index >= 15 is 0 Å². The monoisotopic (exact) mass is 318 g/mol. The number of H-pyrrole nitrogens is 1. The Balaban J connectivity index is 1.68. The molecule has 2 heterocycles. The third-order valence-corrected chi connectivity index (χ3v) is 4.95. The molecule has 126 valence electrons. The number of likely N-dealkylation sites (tertiary alicyclic amines) is 1. The molecule has 0 radical (unpaired) electrons. The van der Waals surface area contributed by atoms with Gasteiger partial charge in [-0.25, -0.2) is 4.98 Å². The molecule has 6 heteroatoms. The topological polar surface area (TPSA) is 78.1 Å². The minimum atomic E-state index is -0.230. The van der Waals surface area contributed by atoms with E-state index in [9.17, 15) is 9.59 Å². The molecule has 1 atom stereocenters. The van der Waals surface area contributed by atoms with Gasteiger partial charge in [0.25, 0.3) is 11.8 Å². The zero-order valence-corrected chi connectivity index (χ0v) is 13.8. The molecule has 0 aromatic carbocycles. The van der Waals surface area contributed by atoms with Crippen LogP contribution in [0.15, 0.2) is 6.33 Å². The summed E-state index contributed by atoms with van der Waals surface area (Å²) < 4.78 is 0. The van der Waals surface area contributed by atoms with Gasteiger partial charge in [-0.15, -0.1) is 0 Å². The van der Waals surface area contributed by atoms with Crippen molar-refractivity contribution in [3.05, 3.63) is 17.7 Å². The van der Waals surface area contributed by atoms with E-state index in [2.05, 4.69) is 22.2 Å². The first kappa shape index (κ1) is 16.0. The van der Waals surface area contributed by atoms with Crippen molar-refractivity contribution in [3.8, 4) is 0 Å². The molecule has 2 fully saturated rings. The zero-order chi connectivity index (χ0) is 16.2. The second-order valence-corrected chi connectivity index (χ2v) is 6.93. The molecule has 2 aliphatic rings. The van der Waals surface area contributed by atoms with Crippen LogP contribution in [0.3, 0.4) is 0 Å². The number of imidazole rings is 1. The number of nitrogens with one attached hydrogen (secondary N) is 2. The minimum Gasteiger partial charge on any atom is -0.348 e. The molecule has 1 saturated carbocycles. The maximum Gasteiger partial charge on any atom is 0.272 e. The van der Waals surface area contributed by atoms with Crippen LogP contribution in [0, 0.1) is 5.92 Å². The summed E-state index contributed by atoms with van der Waals surface area (Å²) in [7, 11) is 0. The number of hydrogen-bond acceptors (Lipinski definition) is 3. The van der Waals surface area contributed by atoms with E-state index in [-0.39, 0.29) is 23.6 Å². The highest BCUT2D eigenvalue weighted by molar-refractivity contribution is 6.04. The summed E-state index contributed by atoms with van der Waals surface area (Å²) in [5.41, 5.74) is 0.561. The number of rotatable bonds is 3. The van der Waals surface area contributed by atoms with Crippen LogP contribution in [0.4, 0.5) is 0 Å². The summed E-state index contributed by atoms with van der Waals surface area (Å²) in [6, 6.07) is 0.214. The Labute approximate surface area is 137 Å². The Kier molecular flexibility index (Phi) is 4.98. The lowest BCUT2D eigenvalue weighted by Gasteiger charge is -2.30. The third kappa shape index (κ3) is 3.74. The van der Waals surface area contributed by atoms with Gasteiger partial charge >= 0.3 is 0 Å². The SMILES string of the molecule is CC1CCCN(C(=O)c2[nH]cnc2C(=O)NC2CCCCC2)C1. The van der Waals surface area contributed by atoms with E-state index < -0.39 is 0 Å². The number of piperidine rings is 1. The van der Waals surface area contributed by atoms with E-state index in [0.29, 0.717) is 11.6 Å². The van der Waals surface area contributed by atoms with E-state index in [1.54, 1.807) is 0 Å². The Morgan fingerprint density at radius 3 is 2.74 bits per heavy atom. The molecule has 2 amide bonds. The van der Waals surface area contributed by atoms with Crippen molar-refractivity contribution < 1.29 is 9.59 Å². The Morgan fingerprint density at radius 2 is 2.00 bits per heavy atom. The van der Waals surface area contributed by atoms with Crippen LogP contribution < -0.4 is 5.32 Å². The molecular weight excluding hydrogens is 292 g/mol. The second-order valence-electron chi connectivity index (χ2n) is 6.93. The van der Waals surface area contributed by atoms with Crippen molar-refractivity contribution >= 4 is 11.8 Å². The summed E-state index contributed by atoms with van der Waals surface area (Å²) in [5.74, 6) is 0.171. The Bertz CT molecular complexity index is 563. The van der Waals surface area contributed by atoms with Crippen LogP contribution in [0.2, 0.25) is 0 Å². The van der Waals surface area contributed by atoms with Crippen molar-refractivity contribution in [3.63, 3.8) is 0 Å². The Morgan fingerprint density at radius 1 is 1.22 bits per heavy atom. The second kappa shape index (κ2) is 7.15. The fourth-order valence-corrected chi connectivity index (χ4v) is 3.66. The molecule has 1 aromatic heterocycles. The molecule has 2 N–H and O–H groups in total. The minimum absolute atomic E-state index is 0.108. The highest BCUT2D eigenvalue weighted by atomic mass is 16.2. The quantitative estimate of drug-likeness (QED) is 0.898. The number of carbonyl (C=O) groups excluding carboxylic acids is 2. The number of aromatic nitrogens is 2. The van der Waals surface area contributed by atoms with Gasteiger partial charge in [0.2, 0.25) is 0 Å². The Hall–Kier alpha value is -1.85. The highest BCUT2D eigenvalue weighted by Crippen LogP contribution is 2.20. The molecule has 1 aliphatic heterocycles. The summed E-state index contributed by atoms with van der Waals surface area (Å²) >= 11 is 0. The summed E-state index contributed by atoms with van der Waals surface area (Å²) in [6.45, 7) is 3.66.